The molecule has 1 aromatic rings. The Labute approximate surface area is 95.0 Å². The molecule has 1 unspecified atom stereocenters. The van der Waals surface area contributed by atoms with Crippen LogP contribution in [0.3, 0.4) is 0 Å². The van der Waals surface area contributed by atoms with Crippen LogP contribution in [0.15, 0.2) is 24.3 Å². The molecule has 0 amide bonds. The van der Waals surface area contributed by atoms with E-state index >= 15 is 0 Å². The Bertz CT molecular complexity index is 348. The van der Waals surface area contributed by atoms with E-state index in [0.717, 1.165) is 12.0 Å². The molecule has 0 saturated carbocycles. The molecule has 0 aliphatic rings. The molecule has 0 aliphatic carbocycles. The Kier molecular flexibility index (Phi) is 4.31. The van der Waals surface area contributed by atoms with Gasteiger partial charge in [-0.15, -0.1) is 0 Å². The minimum Gasteiger partial charge on any atom is -0.479 e. The van der Waals surface area contributed by atoms with Crippen LogP contribution in [0, 0.1) is 0 Å². The van der Waals surface area contributed by atoms with E-state index in [2.05, 4.69) is 0 Å². The number of hydrogen-bond donors (Lipinski definition) is 2. The number of ether oxygens (including phenoxy) is 1. The van der Waals surface area contributed by atoms with E-state index in [4.69, 9.17) is 15.6 Å². The summed E-state index contributed by atoms with van der Waals surface area (Å²) in [5, 5.41) is 8.68. The lowest BCUT2D eigenvalue weighted by molar-refractivity contribution is -0.144. The SMILES string of the molecule is CC[C@@H](N)c1ccc(OC(C)C(=O)O)cc1. The number of carboxylic acid groups (broad SMARTS) is 1. The molecular formula is C12H17NO3. The van der Waals surface area contributed by atoms with E-state index in [0.29, 0.717) is 5.75 Å². The highest BCUT2D eigenvalue weighted by Crippen LogP contribution is 2.19. The monoisotopic (exact) mass is 223 g/mol. The van der Waals surface area contributed by atoms with Gasteiger partial charge < -0.3 is 15.6 Å². The number of benzene rings is 1. The molecule has 1 rings (SSSR count). The lowest BCUT2D eigenvalue weighted by atomic mass is 10.1. The first kappa shape index (κ1) is 12.5. The molecule has 4 nitrogen and oxygen atoms in total. The van der Waals surface area contributed by atoms with Crippen LogP contribution >= 0.6 is 0 Å². The number of hydrogen-bond acceptors (Lipinski definition) is 3. The van der Waals surface area contributed by atoms with E-state index < -0.39 is 12.1 Å². The van der Waals surface area contributed by atoms with Crippen molar-refractivity contribution in [2.24, 2.45) is 5.73 Å². The van der Waals surface area contributed by atoms with Gasteiger partial charge in [0.15, 0.2) is 6.10 Å². The predicted molar refractivity (Wildman–Crippen MR) is 61.4 cm³/mol. The summed E-state index contributed by atoms with van der Waals surface area (Å²) >= 11 is 0. The van der Waals surface area contributed by atoms with Crippen LogP contribution in [0.5, 0.6) is 5.75 Å². The Morgan fingerprint density at radius 1 is 1.44 bits per heavy atom. The van der Waals surface area contributed by atoms with E-state index in [1.165, 1.54) is 6.92 Å². The summed E-state index contributed by atoms with van der Waals surface area (Å²) in [5.74, 6) is -0.434. The summed E-state index contributed by atoms with van der Waals surface area (Å²) in [6.07, 6.45) is 0.0249. The van der Waals surface area contributed by atoms with Crippen LogP contribution < -0.4 is 10.5 Å². The molecule has 3 N–H and O–H groups in total. The van der Waals surface area contributed by atoms with Crippen molar-refractivity contribution in [3.8, 4) is 5.75 Å². The quantitative estimate of drug-likeness (QED) is 0.800. The molecule has 88 valence electrons. The fourth-order valence-corrected chi connectivity index (χ4v) is 1.28. The Morgan fingerprint density at radius 3 is 2.44 bits per heavy atom. The Balaban J connectivity index is 2.68. The summed E-state index contributed by atoms with van der Waals surface area (Å²) in [6, 6.07) is 7.22. The minimum atomic E-state index is -0.977. The molecule has 16 heavy (non-hydrogen) atoms. The first-order valence-corrected chi connectivity index (χ1v) is 5.29. The smallest absolute Gasteiger partial charge is 0.344 e. The predicted octanol–water partition coefficient (Wildman–Crippen LogP) is 1.95. The summed E-state index contributed by atoms with van der Waals surface area (Å²) in [7, 11) is 0. The maximum atomic E-state index is 10.6. The Hall–Kier alpha value is -1.55. The molecule has 2 atom stereocenters. The lowest BCUT2D eigenvalue weighted by Crippen LogP contribution is -2.22. The maximum Gasteiger partial charge on any atom is 0.344 e. The van der Waals surface area contributed by atoms with Gasteiger partial charge in [0.05, 0.1) is 0 Å². The van der Waals surface area contributed by atoms with Crippen LogP contribution in [0.1, 0.15) is 31.9 Å². The first-order valence-electron chi connectivity index (χ1n) is 5.29. The lowest BCUT2D eigenvalue weighted by Gasteiger charge is -2.12. The van der Waals surface area contributed by atoms with Gasteiger partial charge >= 0.3 is 5.97 Å². The maximum absolute atomic E-state index is 10.6. The van der Waals surface area contributed by atoms with Crippen molar-refractivity contribution >= 4 is 5.97 Å². The third-order valence-corrected chi connectivity index (χ3v) is 2.41. The summed E-state index contributed by atoms with van der Waals surface area (Å²) in [4.78, 5) is 10.6. The van der Waals surface area contributed by atoms with Gasteiger partial charge in [0.2, 0.25) is 0 Å². The van der Waals surface area contributed by atoms with Gasteiger partial charge in [0.25, 0.3) is 0 Å². The average molecular weight is 223 g/mol. The van der Waals surface area contributed by atoms with Crippen LogP contribution in [0.25, 0.3) is 0 Å². The molecule has 0 saturated heterocycles. The third-order valence-electron chi connectivity index (χ3n) is 2.41. The summed E-state index contributed by atoms with van der Waals surface area (Å²) in [5.41, 5.74) is 6.88. The van der Waals surface area contributed by atoms with Gasteiger partial charge in [-0.25, -0.2) is 4.79 Å². The molecule has 0 spiro atoms. The van der Waals surface area contributed by atoms with Crippen LogP contribution in [-0.4, -0.2) is 17.2 Å². The third kappa shape index (κ3) is 3.24. The van der Waals surface area contributed by atoms with E-state index in [1.807, 2.05) is 19.1 Å². The molecule has 0 heterocycles. The van der Waals surface area contributed by atoms with Crippen molar-refractivity contribution in [1.82, 2.24) is 0 Å². The molecule has 0 radical (unpaired) electrons. The van der Waals surface area contributed by atoms with Gasteiger partial charge in [-0.2, -0.15) is 0 Å². The van der Waals surface area contributed by atoms with E-state index in [9.17, 15) is 4.79 Å². The zero-order valence-corrected chi connectivity index (χ0v) is 9.51. The zero-order chi connectivity index (χ0) is 12.1. The number of rotatable bonds is 5. The topological polar surface area (TPSA) is 72.5 Å². The molecular weight excluding hydrogens is 206 g/mol. The zero-order valence-electron chi connectivity index (χ0n) is 9.51. The van der Waals surface area contributed by atoms with Crippen molar-refractivity contribution < 1.29 is 14.6 Å². The summed E-state index contributed by atoms with van der Waals surface area (Å²) < 4.78 is 5.20. The largest absolute Gasteiger partial charge is 0.479 e. The fourth-order valence-electron chi connectivity index (χ4n) is 1.28. The van der Waals surface area contributed by atoms with Crippen LogP contribution in [0.2, 0.25) is 0 Å². The second-order valence-electron chi connectivity index (χ2n) is 3.68. The van der Waals surface area contributed by atoms with Crippen molar-refractivity contribution in [3.63, 3.8) is 0 Å². The number of carbonyl (C=O) groups is 1. The second kappa shape index (κ2) is 5.51. The Morgan fingerprint density at radius 2 is 2.00 bits per heavy atom. The van der Waals surface area contributed by atoms with E-state index in [1.54, 1.807) is 12.1 Å². The van der Waals surface area contributed by atoms with Gasteiger partial charge in [-0.05, 0) is 31.0 Å². The van der Waals surface area contributed by atoms with Crippen molar-refractivity contribution in [2.75, 3.05) is 0 Å². The van der Waals surface area contributed by atoms with Crippen molar-refractivity contribution in [2.45, 2.75) is 32.4 Å². The van der Waals surface area contributed by atoms with Crippen molar-refractivity contribution in [1.29, 1.82) is 0 Å². The van der Waals surface area contributed by atoms with Crippen LogP contribution in [-0.2, 0) is 4.79 Å². The van der Waals surface area contributed by atoms with Gasteiger partial charge in [-0.3, -0.25) is 0 Å². The highest BCUT2D eigenvalue weighted by atomic mass is 16.5. The fraction of sp³-hybridized carbons (Fsp3) is 0.417. The molecule has 0 aliphatic heterocycles. The molecule has 0 aromatic heterocycles. The van der Waals surface area contributed by atoms with Crippen LogP contribution in [0.4, 0.5) is 0 Å². The van der Waals surface area contributed by atoms with E-state index in [-0.39, 0.29) is 6.04 Å². The number of nitrogens with two attached hydrogens (primary N) is 1. The second-order valence-corrected chi connectivity index (χ2v) is 3.68. The van der Waals surface area contributed by atoms with Gasteiger partial charge in [0, 0.05) is 6.04 Å². The minimum absolute atomic E-state index is 0.0194. The van der Waals surface area contributed by atoms with Gasteiger partial charge in [0.1, 0.15) is 5.75 Å². The average Bonchev–Trinajstić information content (AvgIpc) is 2.28. The first-order chi connectivity index (χ1) is 7.54. The molecule has 0 fully saturated rings. The highest BCUT2D eigenvalue weighted by Gasteiger charge is 2.12. The molecule has 4 heteroatoms. The standard InChI is InChI=1S/C12H17NO3/c1-3-11(13)9-4-6-10(7-5-9)16-8(2)12(14)15/h4-8,11H,3,13H2,1-2H3,(H,14,15)/t8?,11-/m1/s1. The highest BCUT2D eigenvalue weighted by molar-refractivity contribution is 5.72. The molecule has 0 bridgehead atoms. The van der Waals surface area contributed by atoms with Gasteiger partial charge in [-0.1, -0.05) is 19.1 Å². The number of carboxylic acids is 1. The number of aliphatic carboxylic acids is 1. The molecule has 1 aromatic carbocycles. The normalized spacial score (nSPS) is 14.2. The summed E-state index contributed by atoms with van der Waals surface area (Å²) in [6.45, 7) is 3.51. The van der Waals surface area contributed by atoms with Crippen molar-refractivity contribution in [3.05, 3.63) is 29.8 Å².